The first-order valence-electron chi connectivity index (χ1n) is 8.12. The van der Waals surface area contributed by atoms with E-state index in [4.69, 9.17) is 10.5 Å². The fraction of sp³-hybridized carbons (Fsp3) is 0.316. The summed E-state index contributed by atoms with van der Waals surface area (Å²) in [6.07, 6.45) is 1.83. The lowest BCUT2D eigenvalue weighted by atomic mass is 10.1. The summed E-state index contributed by atoms with van der Waals surface area (Å²) in [5.74, 6) is 0.174. The maximum absolute atomic E-state index is 13.6. The van der Waals surface area contributed by atoms with Crippen molar-refractivity contribution in [3.63, 3.8) is 0 Å². The lowest BCUT2D eigenvalue weighted by Gasteiger charge is -2.21. The molecule has 1 amide bonds. The Morgan fingerprint density at radius 3 is 2.67 bits per heavy atom. The number of nitrogens with zero attached hydrogens (tertiary/aromatic N) is 1. The van der Waals surface area contributed by atoms with Gasteiger partial charge in [-0.15, -0.1) is 0 Å². The van der Waals surface area contributed by atoms with Gasteiger partial charge in [0.2, 0.25) is 5.91 Å². The van der Waals surface area contributed by atoms with Crippen LogP contribution in [0.5, 0.6) is 5.75 Å². The normalized spacial score (nSPS) is 17.8. The molecule has 1 heterocycles. The lowest BCUT2D eigenvalue weighted by molar-refractivity contribution is -0.122. The average Bonchev–Trinajstić information content (AvgIpc) is 3.04. The van der Waals surface area contributed by atoms with Crippen molar-refractivity contribution >= 4 is 5.91 Å². The molecule has 0 bridgehead atoms. The molecule has 1 fully saturated rings. The minimum Gasteiger partial charge on any atom is -0.489 e. The third-order valence-corrected chi connectivity index (χ3v) is 4.35. The van der Waals surface area contributed by atoms with Crippen molar-refractivity contribution in [2.45, 2.75) is 32.0 Å². The molecule has 2 aromatic rings. The minimum absolute atomic E-state index is 0.165. The van der Waals surface area contributed by atoms with Crippen LogP contribution in [0.2, 0.25) is 0 Å². The Morgan fingerprint density at radius 1 is 1.21 bits per heavy atom. The number of rotatable bonds is 6. The summed E-state index contributed by atoms with van der Waals surface area (Å²) in [5, 5.41) is 0. The number of hydrogen-bond donors (Lipinski definition) is 1. The standard InChI is InChI=1S/C19H21FN2O2/c20-17-5-2-1-4-15(17)13-24-16-9-7-14(8-10-16)12-22-11-3-6-18(22)19(21)23/h1-2,4-5,7-10,18H,3,6,11-13H2,(H2,21,23)/t18-/m0/s1. The molecule has 0 unspecified atom stereocenters. The molecule has 1 aliphatic heterocycles. The molecular weight excluding hydrogens is 307 g/mol. The van der Waals surface area contributed by atoms with E-state index in [9.17, 15) is 9.18 Å². The third-order valence-electron chi connectivity index (χ3n) is 4.35. The molecule has 1 atom stereocenters. The highest BCUT2D eigenvalue weighted by Gasteiger charge is 2.28. The summed E-state index contributed by atoms with van der Waals surface area (Å²) in [5.41, 5.74) is 7.07. The van der Waals surface area contributed by atoms with E-state index in [0.717, 1.165) is 24.9 Å². The number of likely N-dealkylation sites (tertiary alicyclic amines) is 1. The van der Waals surface area contributed by atoms with Crippen LogP contribution < -0.4 is 10.5 Å². The van der Waals surface area contributed by atoms with Gasteiger partial charge in [-0.3, -0.25) is 9.69 Å². The molecule has 2 aromatic carbocycles. The maximum atomic E-state index is 13.6. The largest absolute Gasteiger partial charge is 0.489 e. The van der Waals surface area contributed by atoms with Gasteiger partial charge in [-0.2, -0.15) is 0 Å². The second kappa shape index (κ2) is 7.45. The van der Waals surface area contributed by atoms with Crippen molar-refractivity contribution in [1.29, 1.82) is 0 Å². The van der Waals surface area contributed by atoms with Gasteiger partial charge in [0.15, 0.2) is 0 Å². The highest BCUT2D eigenvalue weighted by molar-refractivity contribution is 5.80. The fourth-order valence-corrected chi connectivity index (χ4v) is 3.04. The Kier molecular flexibility index (Phi) is 5.11. The molecule has 1 aliphatic rings. The zero-order valence-corrected chi connectivity index (χ0v) is 13.5. The summed E-state index contributed by atoms with van der Waals surface area (Å²) >= 11 is 0. The van der Waals surface area contributed by atoms with Crippen LogP contribution in [0, 0.1) is 5.82 Å². The zero-order valence-electron chi connectivity index (χ0n) is 13.5. The number of primary amides is 1. The van der Waals surface area contributed by atoms with Crippen LogP contribution in [0.15, 0.2) is 48.5 Å². The maximum Gasteiger partial charge on any atom is 0.234 e. The molecule has 3 rings (SSSR count). The number of ether oxygens (including phenoxy) is 1. The molecule has 0 aliphatic carbocycles. The monoisotopic (exact) mass is 328 g/mol. The second-order valence-corrected chi connectivity index (χ2v) is 6.05. The van der Waals surface area contributed by atoms with Gasteiger partial charge in [-0.25, -0.2) is 4.39 Å². The highest BCUT2D eigenvalue weighted by atomic mass is 19.1. The fourth-order valence-electron chi connectivity index (χ4n) is 3.04. The van der Waals surface area contributed by atoms with Crippen LogP contribution >= 0.6 is 0 Å². The molecule has 2 N–H and O–H groups in total. The predicted octanol–water partition coefficient (Wildman–Crippen LogP) is 2.85. The molecule has 126 valence electrons. The number of nitrogens with two attached hydrogens (primary N) is 1. The predicted molar refractivity (Wildman–Crippen MR) is 89.8 cm³/mol. The lowest BCUT2D eigenvalue weighted by Crippen LogP contribution is -2.39. The summed E-state index contributed by atoms with van der Waals surface area (Å²) in [4.78, 5) is 13.5. The van der Waals surface area contributed by atoms with Crippen molar-refractivity contribution in [2.75, 3.05) is 6.54 Å². The van der Waals surface area contributed by atoms with Crippen LogP contribution in [-0.4, -0.2) is 23.4 Å². The van der Waals surface area contributed by atoms with Crippen molar-refractivity contribution in [3.8, 4) is 5.75 Å². The minimum atomic E-state index is -0.263. The molecule has 24 heavy (non-hydrogen) atoms. The molecule has 1 saturated heterocycles. The Balaban J connectivity index is 1.57. The van der Waals surface area contributed by atoms with Gasteiger partial charge in [0.25, 0.3) is 0 Å². The van der Waals surface area contributed by atoms with E-state index in [0.29, 0.717) is 17.9 Å². The van der Waals surface area contributed by atoms with Crippen LogP contribution in [0.25, 0.3) is 0 Å². The van der Waals surface area contributed by atoms with Crippen LogP contribution in [0.4, 0.5) is 4.39 Å². The van der Waals surface area contributed by atoms with Gasteiger partial charge in [-0.1, -0.05) is 30.3 Å². The van der Waals surface area contributed by atoms with Crippen molar-refractivity contribution in [1.82, 2.24) is 4.90 Å². The van der Waals surface area contributed by atoms with Gasteiger partial charge in [0.1, 0.15) is 18.2 Å². The van der Waals surface area contributed by atoms with Crippen LogP contribution in [-0.2, 0) is 17.9 Å². The molecule has 0 aromatic heterocycles. The van der Waals surface area contributed by atoms with E-state index in [1.807, 2.05) is 24.3 Å². The Morgan fingerprint density at radius 2 is 1.96 bits per heavy atom. The van der Waals surface area contributed by atoms with Crippen molar-refractivity contribution < 1.29 is 13.9 Å². The smallest absolute Gasteiger partial charge is 0.234 e. The van der Waals surface area contributed by atoms with E-state index >= 15 is 0 Å². The Hall–Kier alpha value is -2.40. The number of benzene rings is 2. The van der Waals surface area contributed by atoms with Gasteiger partial charge in [-0.05, 0) is 43.1 Å². The molecule has 0 radical (unpaired) electrons. The van der Waals surface area contributed by atoms with Crippen molar-refractivity contribution in [3.05, 3.63) is 65.5 Å². The van der Waals surface area contributed by atoms with Crippen LogP contribution in [0.3, 0.4) is 0 Å². The highest BCUT2D eigenvalue weighted by Crippen LogP contribution is 2.21. The van der Waals surface area contributed by atoms with Gasteiger partial charge < -0.3 is 10.5 Å². The first-order valence-corrected chi connectivity index (χ1v) is 8.12. The van der Waals surface area contributed by atoms with E-state index in [-0.39, 0.29) is 24.4 Å². The van der Waals surface area contributed by atoms with E-state index in [2.05, 4.69) is 4.90 Å². The van der Waals surface area contributed by atoms with Gasteiger partial charge in [0.05, 0.1) is 6.04 Å². The van der Waals surface area contributed by atoms with Gasteiger partial charge in [0, 0.05) is 12.1 Å². The van der Waals surface area contributed by atoms with Gasteiger partial charge >= 0.3 is 0 Å². The molecular formula is C19H21FN2O2. The summed E-state index contributed by atoms with van der Waals surface area (Å²) in [7, 11) is 0. The second-order valence-electron chi connectivity index (χ2n) is 6.05. The number of carbonyl (C=O) groups is 1. The molecule has 5 heteroatoms. The first kappa shape index (κ1) is 16.5. The van der Waals surface area contributed by atoms with Crippen LogP contribution in [0.1, 0.15) is 24.0 Å². The third kappa shape index (κ3) is 3.92. The van der Waals surface area contributed by atoms with E-state index in [1.165, 1.54) is 6.07 Å². The molecule has 4 nitrogen and oxygen atoms in total. The summed E-state index contributed by atoms with van der Waals surface area (Å²) < 4.78 is 19.2. The number of hydrogen-bond acceptors (Lipinski definition) is 3. The number of halogens is 1. The van der Waals surface area contributed by atoms with E-state index in [1.54, 1.807) is 18.2 Å². The summed E-state index contributed by atoms with van der Waals surface area (Å²) in [6, 6.07) is 14.1. The van der Waals surface area contributed by atoms with E-state index < -0.39 is 0 Å². The molecule has 0 saturated carbocycles. The Labute approximate surface area is 141 Å². The average molecular weight is 328 g/mol. The number of amides is 1. The number of carbonyl (C=O) groups excluding carboxylic acids is 1. The quantitative estimate of drug-likeness (QED) is 0.887. The Bertz CT molecular complexity index is 703. The van der Waals surface area contributed by atoms with Crippen molar-refractivity contribution in [2.24, 2.45) is 5.73 Å². The SMILES string of the molecule is NC(=O)[C@@H]1CCCN1Cc1ccc(OCc2ccccc2F)cc1. The first-order chi connectivity index (χ1) is 11.6. The summed E-state index contributed by atoms with van der Waals surface area (Å²) in [6.45, 7) is 1.78. The molecule has 0 spiro atoms. The topological polar surface area (TPSA) is 55.6 Å². The zero-order chi connectivity index (χ0) is 16.9.